The second kappa shape index (κ2) is 8.16. The predicted octanol–water partition coefficient (Wildman–Crippen LogP) is 10.8. The molecular weight excluding hydrogens is 468 g/mol. The van der Waals surface area contributed by atoms with Crippen LogP contribution in [0.15, 0.2) is 133 Å². The molecule has 0 unspecified atom stereocenters. The van der Waals surface area contributed by atoms with E-state index in [1.54, 1.807) is 0 Å². The van der Waals surface area contributed by atoms with Gasteiger partial charge in [-0.3, -0.25) is 0 Å². The van der Waals surface area contributed by atoms with Crippen molar-refractivity contribution in [3.8, 4) is 33.4 Å². The lowest BCUT2D eigenvalue weighted by Crippen LogP contribution is -2.14. The average molecular weight is 497 g/mol. The third-order valence-electron chi connectivity index (χ3n) is 8.88. The number of benzene rings is 7. The summed E-state index contributed by atoms with van der Waals surface area (Å²) in [6.07, 6.45) is 0. The van der Waals surface area contributed by atoms with Gasteiger partial charge in [0.25, 0.3) is 0 Å². The van der Waals surface area contributed by atoms with Crippen molar-refractivity contribution in [1.29, 1.82) is 0 Å². The van der Waals surface area contributed by atoms with Crippen LogP contribution in [0.1, 0.15) is 25.0 Å². The van der Waals surface area contributed by atoms with Gasteiger partial charge in [-0.2, -0.15) is 0 Å². The molecule has 184 valence electrons. The molecule has 0 nitrogen and oxygen atoms in total. The monoisotopic (exact) mass is 496 g/mol. The van der Waals surface area contributed by atoms with E-state index in [9.17, 15) is 0 Å². The molecule has 0 N–H and O–H groups in total. The summed E-state index contributed by atoms with van der Waals surface area (Å²) in [5.41, 5.74) is 10.7. The van der Waals surface area contributed by atoms with E-state index < -0.39 is 0 Å². The second-order valence-corrected chi connectivity index (χ2v) is 11.3. The molecule has 7 aromatic carbocycles. The van der Waals surface area contributed by atoms with Gasteiger partial charge < -0.3 is 0 Å². The summed E-state index contributed by atoms with van der Waals surface area (Å²) in [5, 5.41) is 7.88. The van der Waals surface area contributed by atoms with Gasteiger partial charge in [-0.1, -0.05) is 141 Å². The minimum Gasteiger partial charge on any atom is -0.0619 e. The van der Waals surface area contributed by atoms with Crippen LogP contribution in [-0.2, 0) is 5.41 Å². The standard InChI is InChI=1S/C39H28/c1-39(2)36-16-8-7-14-34(36)38-28(15-9-17-37(38)39)26-20-18-25(19-21-26)27-22-23-33-31-12-4-3-10-29(31)30-11-5-6-13-32(30)35(33)24-27/h3-24H,1-2H3. The molecule has 0 saturated heterocycles. The van der Waals surface area contributed by atoms with Crippen molar-refractivity contribution < 1.29 is 0 Å². The second-order valence-electron chi connectivity index (χ2n) is 11.3. The Hall–Kier alpha value is -4.68. The van der Waals surface area contributed by atoms with Gasteiger partial charge in [0.15, 0.2) is 0 Å². The minimum absolute atomic E-state index is 0.0138. The number of fused-ring (bicyclic) bond motifs is 9. The van der Waals surface area contributed by atoms with E-state index in [0.717, 1.165) is 0 Å². The molecule has 8 rings (SSSR count). The molecule has 0 atom stereocenters. The van der Waals surface area contributed by atoms with E-state index in [4.69, 9.17) is 0 Å². The molecule has 0 aliphatic heterocycles. The molecule has 0 heterocycles. The molecular formula is C39H28. The molecule has 0 bridgehead atoms. The van der Waals surface area contributed by atoms with Crippen molar-refractivity contribution in [1.82, 2.24) is 0 Å². The molecule has 0 heteroatoms. The quantitative estimate of drug-likeness (QED) is 0.209. The Morgan fingerprint density at radius 1 is 0.359 bits per heavy atom. The SMILES string of the molecule is CC1(C)c2ccccc2-c2c(-c3ccc(-c4ccc5c6ccccc6c6ccccc6c5c4)cc3)cccc21. The molecule has 0 radical (unpaired) electrons. The molecule has 0 fully saturated rings. The van der Waals surface area contributed by atoms with Crippen LogP contribution >= 0.6 is 0 Å². The average Bonchev–Trinajstić information content (AvgIpc) is 3.24. The minimum atomic E-state index is 0.0138. The molecule has 0 amide bonds. The van der Waals surface area contributed by atoms with Crippen molar-refractivity contribution in [2.24, 2.45) is 0 Å². The zero-order valence-electron chi connectivity index (χ0n) is 22.2. The third kappa shape index (κ3) is 3.18. The van der Waals surface area contributed by atoms with Gasteiger partial charge in [0.2, 0.25) is 0 Å². The van der Waals surface area contributed by atoms with Gasteiger partial charge in [0, 0.05) is 5.41 Å². The van der Waals surface area contributed by atoms with Crippen molar-refractivity contribution in [2.45, 2.75) is 19.3 Å². The van der Waals surface area contributed by atoms with Crippen LogP contribution in [0.2, 0.25) is 0 Å². The highest BCUT2D eigenvalue weighted by molar-refractivity contribution is 6.25. The van der Waals surface area contributed by atoms with E-state index in [1.165, 1.54) is 76.8 Å². The Morgan fingerprint density at radius 3 is 1.54 bits per heavy atom. The normalized spacial score (nSPS) is 13.6. The lowest BCUT2D eigenvalue weighted by atomic mass is 9.82. The van der Waals surface area contributed by atoms with Crippen LogP contribution in [0, 0.1) is 0 Å². The highest BCUT2D eigenvalue weighted by Crippen LogP contribution is 2.52. The van der Waals surface area contributed by atoms with Crippen molar-refractivity contribution >= 4 is 32.3 Å². The summed E-state index contributed by atoms with van der Waals surface area (Å²) in [4.78, 5) is 0. The summed E-state index contributed by atoms with van der Waals surface area (Å²) in [7, 11) is 0. The van der Waals surface area contributed by atoms with Gasteiger partial charge in [-0.05, 0) is 82.9 Å². The summed E-state index contributed by atoms with van der Waals surface area (Å²) in [5.74, 6) is 0. The van der Waals surface area contributed by atoms with Gasteiger partial charge in [-0.15, -0.1) is 0 Å². The first-order valence-electron chi connectivity index (χ1n) is 13.8. The van der Waals surface area contributed by atoms with Crippen LogP contribution < -0.4 is 0 Å². The number of hydrogen-bond acceptors (Lipinski definition) is 0. The van der Waals surface area contributed by atoms with E-state index in [2.05, 4.69) is 147 Å². The summed E-state index contributed by atoms with van der Waals surface area (Å²) < 4.78 is 0. The lowest BCUT2D eigenvalue weighted by Gasteiger charge is -2.21. The number of hydrogen-bond donors (Lipinski definition) is 0. The fourth-order valence-electron chi connectivity index (χ4n) is 6.92. The van der Waals surface area contributed by atoms with E-state index in [1.807, 2.05) is 0 Å². The Balaban J connectivity index is 1.27. The third-order valence-corrected chi connectivity index (χ3v) is 8.88. The van der Waals surface area contributed by atoms with Crippen LogP contribution in [0.5, 0.6) is 0 Å². The fraction of sp³-hybridized carbons (Fsp3) is 0.0769. The van der Waals surface area contributed by atoms with E-state index >= 15 is 0 Å². The zero-order valence-corrected chi connectivity index (χ0v) is 22.2. The van der Waals surface area contributed by atoms with Gasteiger partial charge in [0.05, 0.1) is 0 Å². The Labute approximate surface area is 229 Å². The maximum atomic E-state index is 2.37. The van der Waals surface area contributed by atoms with Gasteiger partial charge in [0.1, 0.15) is 0 Å². The number of rotatable bonds is 2. The predicted molar refractivity (Wildman–Crippen MR) is 167 cm³/mol. The summed E-state index contributed by atoms with van der Waals surface area (Å²) in [6, 6.07) is 49.4. The van der Waals surface area contributed by atoms with E-state index in [0.29, 0.717) is 0 Å². The summed E-state index contributed by atoms with van der Waals surface area (Å²) >= 11 is 0. The molecule has 0 aromatic heterocycles. The first kappa shape index (κ1) is 22.3. The topological polar surface area (TPSA) is 0 Å². The molecule has 39 heavy (non-hydrogen) atoms. The van der Waals surface area contributed by atoms with E-state index in [-0.39, 0.29) is 5.41 Å². The highest BCUT2D eigenvalue weighted by atomic mass is 14.4. The van der Waals surface area contributed by atoms with Gasteiger partial charge >= 0.3 is 0 Å². The van der Waals surface area contributed by atoms with Crippen molar-refractivity contribution in [2.75, 3.05) is 0 Å². The van der Waals surface area contributed by atoms with Crippen LogP contribution in [0.3, 0.4) is 0 Å². The Bertz CT molecular complexity index is 2040. The maximum absolute atomic E-state index is 2.37. The smallest absolute Gasteiger partial charge is 0.0159 e. The van der Waals surface area contributed by atoms with Crippen molar-refractivity contribution in [3.63, 3.8) is 0 Å². The fourth-order valence-corrected chi connectivity index (χ4v) is 6.92. The van der Waals surface area contributed by atoms with Crippen LogP contribution in [-0.4, -0.2) is 0 Å². The summed E-state index contributed by atoms with van der Waals surface area (Å²) in [6.45, 7) is 4.69. The maximum Gasteiger partial charge on any atom is 0.0159 e. The first-order valence-corrected chi connectivity index (χ1v) is 13.8. The highest BCUT2D eigenvalue weighted by Gasteiger charge is 2.36. The first-order chi connectivity index (χ1) is 19.1. The van der Waals surface area contributed by atoms with Crippen LogP contribution in [0.4, 0.5) is 0 Å². The molecule has 1 aliphatic rings. The largest absolute Gasteiger partial charge is 0.0619 e. The molecule has 7 aromatic rings. The molecule has 0 saturated carbocycles. The van der Waals surface area contributed by atoms with Crippen LogP contribution in [0.25, 0.3) is 65.7 Å². The van der Waals surface area contributed by atoms with Crippen molar-refractivity contribution in [3.05, 3.63) is 145 Å². The molecule has 1 aliphatic carbocycles. The Morgan fingerprint density at radius 2 is 0.846 bits per heavy atom. The Kier molecular flexibility index (Phi) is 4.67. The van der Waals surface area contributed by atoms with Gasteiger partial charge in [-0.25, -0.2) is 0 Å². The zero-order chi connectivity index (χ0) is 26.1. The lowest BCUT2D eigenvalue weighted by molar-refractivity contribution is 0.660. The molecule has 0 spiro atoms.